The Kier molecular flexibility index (Phi) is 6.39. The number of furan rings is 1. The summed E-state index contributed by atoms with van der Waals surface area (Å²) in [6, 6.07) is 9.44. The minimum absolute atomic E-state index is 0.0333. The number of nitrogens with zero attached hydrogens (tertiary/aromatic N) is 2. The summed E-state index contributed by atoms with van der Waals surface area (Å²) in [6.07, 6.45) is 2.38. The van der Waals surface area contributed by atoms with Crippen molar-refractivity contribution in [2.75, 3.05) is 33.8 Å². The average Bonchev–Trinajstić information content (AvgIpc) is 3.32. The standard InChI is InChI=1S/C22H26N2O5/c1-4-13-28-16-9-7-15(8-10-16)20(25)18-19(17-6-5-14-29-17)24(12-11-23(2)3)22(27)21(18)26/h5-10,14,19,25H,4,11-13H2,1-3H3/t19-/m1/s1. The molecule has 1 N–H and O–H groups in total. The van der Waals surface area contributed by atoms with Gasteiger partial charge in [-0.25, -0.2) is 0 Å². The van der Waals surface area contributed by atoms with E-state index in [1.165, 1.54) is 11.2 Å². The summed E-state index contributed by atoms with van der Waals surface area (Å²) < 4.78 is 11.1. The Labute approximate surface area is 170 Å². The van der Waals surface area contributed by atoms with E-state index in [4.69, 9.17) is 9.15 Å². The molecule has 1 aliphatic rings. The normalized spacial score (nSPS) is 18.6. The lowest BCUT2D eigenvalue weighted by molar-refractivity contribution is -0.140. The Bertz CT molecular complexity index is 884. The smallest absolute Gasteiger partial charge is 0.295 e. The molecule has 7 nitrogen and oxygen atoms in total. The van der Waals surface area contributed by atoms with Crippen LogP contribution in [0.5, 0.6) is 5.75 Å². The molecule has 0 aliphatic carbocycles. The molecule has 1 atom stereocenters. The number of benzene rings is 1. The third kappa shape index (κ3) is 4.35. The third-order valence-electron chi connectivity index (χ3n) is 4.74. The van der Waals surface area contributed by atoms with Crippen LogP contribution in [-0.4, -0.2) is 60.4 Å². The molecule has 0 unspecified atom stereocenters. The minimum atomic E-state index is -0.763. The van der Waals surface area contributed by atoms with Crippen LogP contribution in [-0.2, 0) is 9.59 Å². The molecule has 1 amide bonds. The number of amides is 1. The second-order valence-electron chi connectivity index (χ2n) is 7.18. The molecular weight excluding hydrogens is 372 g/mol. The van der Waals surface area contributed by atoms with Gasteiger partial charge in [-0.15, -0.1) is 0 Å². The molecule has 0 saturated carbocycles. The van der Waals surface area contributed by atoms with E-state index >= 15 is 0 Å². The van der Waals surface area contributed by atoms with Crippen molar-refractivity contribution in [2.24, 2.45) is 0 Å². The molecule has 0 radical (unpaired) electrons. The molecule has 2 aromatic rings. The van der Waals surface area contributed by atoms with E-state index in [0.717, 1.165) is 6.42 Å². The summed E-state index contributed by atoms with van der Waals surface area (Å²) in [7, 11) is 3.78. The molecule has 29 heavy (non-hydrogen) atoms. The predicted molar refractivity (Wildman–Crippen MR) is 108 cm³/mol. The lowest BCUT2D eigenvalue weighted by atomic mass is 9.99. The van der Waals surface area contributed by atoms with Crippen molar-refractivity contribution < 1.29 is 23.8 Å². The maximum absolute atomic E-state index is 12.8. The quantitative estimate of drug-likeness (QED) is 0.418. The van der Waals surface area contributed by atoms with Crippen molar-refractivity contribution in [2.45, 2.75) is 19.4 Å². The molecule has 154 valence electrons. The fourth-order valence-electron chi connectivity index (χ4n) is 3.25. The predicted octanol–water partition coefficient (Wildman–Crippen LogP) is 3.05. The maximum Gasteiger partial charge on any atom is 0.295 e. The second-order valence-corrected chi connectivity index (χ2v) is 7.18. The lowest BCUT2D eigenvalue weighted by Gasteiger charge is -2.24. The number of carbonyl (C=O) groups excluding carboxylic acids is 2. The molecule has 2 heterocycles. The highest BCUT2D eigenvalue weighted by Gasteiger charge is 2.47. The molecule has 1 saturated heterocycles. The first kappa shape index (κ1) is 20.7. The van der Waals surface area contributed by atoms with E-state index in [2.05, 4.69) is 0 Å². The number of ether oxygens (including phenoxy) is 1. The van der Waals surface area contributed by atoms with Crippen molar-refractivity contribution in [3.63, 3.8) is 0 Å². The Balaban J connectivity index is 1.99. The molecule has 1 fully saturated rings. The maximum atomic E-state index is 12.8. The number of likely N-dealkylation sites (tertiary alicyclic amines) is 1. The van der Waals surface area contributed by atoms with Gasteiger partial charge in [0.05, 0.1) is 18.4 Å². The number of aliphatic hydroxyl groups is 1. The Morgan fingerprint density at radius 1 is 1.21 bits per heavy atom. The molecule has 0 spiro atoms. The van der Waals surface area contributed by atoms with Crippen LogP contribution in [0, 0.1) is 0 Å². The number of rotatable bonds is 8. The van der Waals surface area contributed by atoms with Gasteiger partial charge in [-0.05, 0) is 56.9 Å². The monoisotopic (exact) mass is 398 g/mol. The zero-order valence-electron chi connectivity index (χ0n) is 16.9. The summed E-state index contributed by atoms with van der Waals surface area (Å²) in [5, 5.41) is 10.9. The van der Waals surface area contributed by atoms with Gasteiger partial charge in [-0.2, -0.15) is 0 Å². The van der Waals surface area contributed by atoms with Crippen molar-refractivity contribution in [3.05, 3.63) is 59.6 Å². The molecule has 1 aromatic heterocycles. The van der Waals surface area contributed by atoms with Gasteiger partial charge in [0, 0.05) is 18.7 Å². The van der Waals surface area contributed by atoms with Gasteiger partial charge in [0.15, 0.2) is 0 Å². The largest absolute Gasteiger partial charge is 0.507 e. The number of hydrogen-bond acceptors (Lipinski definition) is 6. The van der Waals surface area contributed by atoms with Gasteiger partial charge in [0.2, 0.25) is 0 Å². The van der Waals surface area contributed by atoms with Crippen LogP contribution in [0.3, 0.4) is 0 Å². The van der Waals surface area contributed by atoms with Gasteiger partial charge in [-0.3, -0.25) is 9.59 Å². The second kappa shape index (κ2) is 8.96. The van der Waals surface area contributed by atoms with Crippen molar-refractivity contribution >= 4 is 17.4 Å². The van der Waals surface area contributed by atoms with E-state index in [-0.39, 0.29) is 11.3 Å². The molecule has 1 aliphatic heterocycles. The SMILES string of the molecule is CCCOc1ccc(C(O)=C2C(=O)C(=O)N(CCN(C)C)[C@@H]2c2ccco2)cc1. The van der Waals surface area contributed by atoms with Crippen LogP contribution in [0.4, 0.5) is 0 Å². The van der Waals surface area contributed by atoms with Crippen molar-refractivity contribution in [1.29, 1.82) is 0 Å². The zero-order valence-corrected chi connectivity index (χ0v) is 16.9. The Morgan fingerprint density at radius 2 is 1.93 bits per heavy atom. The van der Waals surface area contributed by atoms with Crippen LogP contribution < -0.4 is 4.74 Å². The Hall–Kier alpha value is -3.06. The van der Waals surface area contributed by atoms with Gasteiger partial charge in [0.1, 0.15) is 23.3 Å². The summed E-state index contributed by atoms with van der Waals surface area (Å²) >= 11 is 0. The number of ketones is 1. The van der Waals surface area contributed by atoms with Gasteiger partial charge in [-0.1, -0.05) is 6.92 Å². The fraction of sp³-hybridized carbons (Fsp3) is 0.364. The van der Waals surface area contributed by atoms with Gasteiger partial charge >= 0.3 is 0 Å². The highest BCUT2D eigenvalue weighted by Crippen LogP contribution is 2.39. The number of carbonyl (C=O) groups is 2. The number of aliphatic hydroxyl groups excluding tert-OH is 1. The number of Topliss-reactive ketones (excluding diaryl/α,β-unsaturated/α-hetero) is 1. The van der Waals surface area contributed by atoms with E-state index < -0.39 is 17.7 Å². The number of hydrogen-bond donors (Lipinski definition) is 1. The average molecular weight is 398 g/mol. The van der Waals surface area contributed by atoms with Crippen LogP contribution >= 0.6 is 0 Å². The zero-order chi connectivity index (χ0) is 21.0. The Morgan fingerprint density at radius 3 is 2.52 bits per heavy atom. The van der Waals surface area contributed by atoms with Gasteiger partial charge < -0.3 is 24.1 Å². The highest BCUT2D eigenvalue weighted by molar-refractivity contribution is 6.46. The van der Waals surface area contributed by atoms with Gasteiger partial charge in [0.25, 0.3) is 11.7 Å². The first-order chi connectivity index (χ1) is 13.9. The first-order valence-electron chi connectivity index (χ1n) is 9.63. The van der Waals surface area contributed by atoms with Crippen LogP contribution in [0.25, 0.3) is 5.76 Å². The van der Waals surface area contributed by atoms with E-state index in [1.807, 2.05) is 25.9 Å². The fourth-order valence-corrected chi connectivity index (χ4v) is 3.25. The van der Waals surface area contributed by atoms with Crippen LogP contribution in [0.2, 0.25) is 0 Å². The van der Waals surface area contributed by atoms with Crippen molar-refractivity contribution in [1.82, 2.24) is 9.80 Å². The summed E-state index contributed by atoms with van der Waals surface area (Å²) in [5.74, 6) is -0.462. The molecular formula is C22H26N2O5. The lowest BCUT2D eigenvalue weighted by Crippen LogP contribution is -2.35. The molecule has 1 aromatic carbocycles. The topological polar surface area (TPSA) is 83.2 Å². The summed E-state index contributed by atoms with van der Waals surface area (Å²) in [5.41, 5.74) is 0.474. The summed E-state index contributed by atoms with van der Waals surface area (Å²) in [6.45, 7) is 3.53. The van der Waals surface area contributed by atoms with E-state index in [9.17, 15) is 14.7 Å². The van der Waals surface area contributed by atoms with E-state index in [0.29, 0.717) is 36.8 Å². The number of likely N-dealkylation sites (N-methyl/N-ethyl adjacent to an activating group) is 1. The first-order valence-corrected chi connectivity index (χ1v) is 9.63. The van der Waals surface area contributed by atoms with E-state index in [1.54, 1.807) is 36.4 Å². The molecule has 3 rings (SSSR count). The van der Waals surface area contributed by atoms with Crippen LogP contribution in [0.15, 0.2) is 52.7 Å². The highest BCUT2D eigenvalue weighted by atomic mass is 16.5. The minimum Gasteiger partial charge on any atom is -0.507 e. The molecule has 0 bridgehead atoms. The van der Waals surface area contributed by atoms with Crippen LogP contribution in [0.1, 0.15) is 30.7 Å². The third-order valence-corrected chi connectivity index (χ3v) is 4.74. The molecule has 7 heteroatoms. The summed E-state index contributed by atoms with van der Waals surface area (Å²) in [4.78, 5) is 28.9. The van der Waals surface area contributed by atoms with Crippen molar-refractivity contribution in [3.8, 4) is 5.75 Å².